The number of H-pyrrole nitrogens is 1. The number of nitrogens with zero attached hydrogens (tertiary/aromatic N) is 4. The minimum absolute atomic E-state index is 0.0256. The van der Waals surface area contributed by atoms with Gasteiger partial charge in [0, 0.05) is 44.6 Å². The zero-order valence-electron chi connectivity index (χ0n) is 20.4. The lowest BCUT2D eigenvalue weighted by Crippen LogP contribution is -2.49. The molecule has 0 bridgehead atoms. The highest BCUT2D eigenvalue weighted by Gasteiger charge is 2.46. The molecule has 4 heterocycles. The molecule has 184 valence electrons. The van der Waals surface area contributed by atoms with Crippen LogP contribution < -0.4 is 5.69 Å². The van der Waals surface area contributed by atoms with Crippen LogP contribution >= 0.6 is 0 Å². The molecule has 7 nitrogen and oxygen atoms in total. The Bertz CT molecular complexity index is 1220. The molecule has 3 aliphatic rings. The molecule has 1 saturated carbocycles. The Balaban J connectivity index is 0.941. The van der Waals surface area contributed by atoms with Crippen molar-refractivity contribution in [3.05, 3.63) is 64.8 Å². The zero-order valence-corrected chi connectivity index (χ0v) is 20.4. The van der Waals surface area contributed by atoms with Crippen molar-refractivity contribution in [3.8, 4) is 0 Å². The second kappa shape index (κ2) is 9.26. The van der Waals surface area contributed by atoms with Gasteiger partial charge in [-0.05, 0) is 87.1 Å². The SMILES string of the molecule is O=C(c1cccnc1)N1CCC2(CC1)CC(CCN1CCC(n3c(=O)[nH]c4ccccc43)CC1)C2. The number of rotatable bonds is 5. The van der Waals surface area contributed by atoms with E-state index in [9.17, 15) is 9.59 Å². The van der Waals surface area contributed by atoms with Gasteiger partial charge >= 0.3 is 5.69 Å². The number of hydrogen-bond acceptors (Lipinski definition) is 4. The first-order chi connectivity index (χ1) is 17.1. The minimum Gasteiger partial charge on any atom is -0.339 e. The molecule has 1 aliphatic carbocycles. The van der Waals surface area contributed by atoms with E-state index in [1.54, 1.807) is 12.4 Å². The molecule has 3 fully saturated rings. The maximum absolute atomic E-state index is 12.7. The van der Waals surface area contributed by atoms with Gasteiger partial charge in [0.05, 0.1) is 16.6 Å². The largest absolute Gasteiger partial charge is 0.339 e. The van der Waals surface area contributed by atoms with E-state index in [2.05, 4.69) is 14.9 Å². The van der Waals surface area contributed by atoms with Crippen LogP contribution in [0.3, 0.4) is 0 Å². The number of para-hydroxylation sites is 2. The predicted octanol–water partition coefficient (Wildman–Crippen LogP) is 4.08. The van der Waals surface area contributed by atoms with Gasteiger partial charge in [-0.1, -0.05) is 12.1 Å². The molecule has 0 unspecified atom stereocenters. The first-order valence-corrected chi connectivity index (χ1v) is 13.2. The van der Waals surface area contributed by atoms with Crippen molar-refractivity contribution >= 4 is 16.9 Å². The van der Waals surface area contributed by atoms with Crippen molar-refractivity contribution in [1.29, 1.82) is 0 Å². The van der Waals surface area contributed by atoms with E-state index in [4.69, 9.17) is 0 Å². The monoisotopic (exact) mass is 473 g/mol. The average molecular weight is 474 g/mol. The van der Waals surface area contributed by atoms with E-state index in [-0.39, 0.29) is 11.6 Å². The number of nitrogens with one attached hydrogen (secondary N) is 1. The molecular weight excluding hydrogens is 438 g/mol. The molecule has 1 amide bonds. The molecule has 1 aromatic carbocycles. The van der Waals surface area contributed by atoms with E-state index >= 15 is 0 Å². The summed E-state index contributed by atoms with van der Waals surface area (Å²) < 4.78 is 1.98. The molecule has 35 heavy (non-hydrogen) atoms. The second-order valence-electron chi connectivity index (χ2n) is 11.0. The molecule has 0 radical (unpaired) electrons. The Morgan fingerprint density at radius 3 is 2.54 bits per heavy atom. The Kier molecular flexibility index (Phi) is 5.96. The molecule has 2 aliphatic heterocycles. The number of fused-ring (bicyclic) bond motifs is 1. The number of piperidine rings is 2. The highest BCUT2D eigenvalue weighted by molar-refractivity contribution is 5.93. The summed E-state index contributed by atoms with van der Waals surface area (Å²) in [5, 5.41) is 0. The van der Waals surface area contributed by atoms with Crippen LogP contribution in [0.1, 0.15) is 61.3 Å². The van der Waals surface area contributed by atoms with Gasteiger partial charge in [-0.25, -0.2) is 4.79 Å². The van der Waals surface area contributed by atoms with Gasteiger partial charge in [-0.15, -0.1) is 0 Å². The van der Waals surface area contributed by atoms with E-state index in [1.807, 2.05) is 45.9 Å². The minimum atomic E-state index is 0.0256. The fraction of sp³-hybridized carbons (Fsp3) is 0.536. The topological polar surface area (TPSA) is 74.2 Å². The Labute approximate surface area is 206 Å². The summed E-state index contributed by atoms with van der Waals surface area (Å²) in [6.07, 6.45) is 11.7. The third-order valence-corrected chi connectivity index (χ3v) is 8.86. The normalized spacial score (nSPS) is 21.4. The first kappa shape index (κ1) is 22.5. The number of aromatic nitrogens is 3. The van der Waals surface area contributed by atoms with Crippen molar-refractivity contribution in [3.63, 3.8) is 0 Å². The van der Waals surface area contributed by atoms with Crippen LogP contribution in [0.2, 0.25) is 0 Å². The zero-order chi connectivity index (χ0) is 23.8. The number of aromatic amines is 1. The maximum atomic E-state index is 12.7. The van der Waals surface area contributed by atoms with E-state index in [0.29, 0.717) is 17.0 Å². The smallest absolute Gasteiger partial charge is 0.326 e. The van der Waals surface area contributed by atoms with E-state index in [1.165, 1.54) is 25.8 Å². The lowest BCUT2D eigenvalue weighted by atomic mass is 9.57. The third kappa shape index (κ3) is 4.42. The van der Waals surface area contributed by atoms with Crippen LogP contribution in [-0.4, -0.2) is 63.0 Å². The molecular formula is C28H35N5O2. The summed E-state index contributed by atoms with van der Waals surface area (Å²) in [7, 11) is 0. The molecule has 1 N–H and O–H groups in total. The predicted molar refractivity (Wildman–Crippen MR) is 136 cm³/mol. The van der Waals surface area contributed by atoms with Gasteiger partial charge < -0.3 is 14.8 Å². The van der Waals surface area contributed by atoms with Gasteiger partial charge in [0.25, 0.3) is 5.91 Å². The van der Waals surface area contributed by atoms with Gasteiger partial charge in [-0.3, -0.25) is 14.3 Å². The Morgan fingerprint density at radius 2 is 1.80 bits per heavy atom. The summed E-state index contributed by atoms with van der Waals surface area (Å²) in [4.78, 5) is 36.9. The van der Waals surface area contributed by atoms with Gasteiger partial charge in [-0.2, -0.15) is 0 Å². The summed E-state index contributed by atoms with van der Waals surface area (Å²) in [6, 6.07) is 12.0. The molecule has 7 heteroatoms. The quantitative estimate of drug-likeness (QED) is 0.606. The summed E-state index contributed by atoms with van der Waals surface area (Å²) >= 11 is 0. The van der Waals surface area contributed by atoms with Crippen LogP contribution in [0, 0.1) is 11.3 Å². The Hall–Kier alpha value is -2.93. The van der Waals surface area contributed by atoms with Crippen LogP contribution in [0.4, 0.5) is 0 Å². The van der Waals surface area contributed by atoms with Crippen LogP contribution in [0.25, 0.3) is 11.0 Å². The standard InChI is InChI=1S/C28H35N5O2/c34-26(22-4-3-12-29-20-22)32-16-10-28(11-17-32)18-21(19-28)7-13-31-14-8-23(9-15-31)33-25-6-2-1-5-24(25)30-27(33)35/h1-6,12,20-21,23H,7-11,13-19H2,(H,30,35). The highest BCUT2D eigenvalue weighted by Crippen LogP contribution is 2.53. The van der Waals surface area contributed by atoms with Crippen molar-refractivity contribution in [2.75, 3.05) is 32.7 Å². The average Bonchev–Trinajstić information content (AvgIpc) is 3.22. The van der Waals surface area contributed by atoms with Crippen molar-refractivity contribution < 1.29 is 4.79 Å². The molecule has 1 spiro atoms. The number of amides is 1. The molecule has 3 aromatic rings. The summed E-state index contributed by atoms with van der Waals surface area (Å²) in [6.45, 7) is 5.06. The van der Waals surface area contributed by atoms with Gasteiger partial charge in [0.2, 0.25) is 0 Å². The number of benzene rings is 1. The molecule has 2 saturated heterocycles. The summed E-state index contributed by atoms with van der Waals surface area (Å²) in [5.41, 5.74) is 3.17. The van der Waals surface area contributed by atoms with Crippen LogP contribution in [-0.2, 0) is 0 Å². The molecule has 0 atom stereocenters. The molecule has 6 rings (SSSR count). The third-order valence-electron chi connectivity index (χ3n) is 8.86. The van der Waals surface area contributed by atoms with Crippen molar-refractivity contribution in [2.24, 2.45) is 11.3 Å². The fourth-order valence-electron chi connectivity index (χ4n) is 6.84. The van der Waals surface area contributed by atoms with E-state index < -0.39 is 0 Å². The van der Waals surface area contributed by atoms with E-state index in [0.717, 1.165) is 68.8 Å². The highest BCUT2D eigenvalue weighted by atomic mass is 16.2. The van der Waals surface area contributed by atoms with Crippen LogP contribution in [0.15, 0.2) is 53.6 Å². The van der Waals surface area contributed by atoms with Gasteiger partial charge in [0.15, 0.2) is 0 Å². The van der Waals surface area contributed by atoms with Gasteiger partial charge in [0.1, 0.15) is 0 Å². The lowest BCUT2D eigenvalue weighted by molar-refractivity contribution is -0.0158. The second-order valence-corrected chi connectivity index (χ2v) is 11.0. The fourth-order valence-corrected chi connectivity index (χ4v) is 6.84. The number of hydrogen-bond donors (Lipinski definition) is 1. The number of imidazole rings is 1. The van der Waals surface area contributed by atoms with Crippen LogP contribution in [0.5, 0.6) is 0 Å². The first-order valence-electron chi connectivity index (χ1n) is 13.2. The maximum Gasteiger partial charge on any atom is 0.326 e. The summed E-state index contributed by atoms with van der Waals surface area (Å²) in [5.74, 6) is 0.951. The van der Waals surface area contributed by atoms with Crippen molar-refractivity contribution in [1.82, 2.24) is 24.3 Å². The Morgan fingerprint density at radius 1 is 1.03 bits per heavy atom. The lowest BCUT2D eigenvalue weighted by Gasteiger charge is -2.53. The number of carbonyl (C=O) groups is 1. The number of likely N-dealkylation sites (tertiary alicyclic amines) is 2. The molecule has 2 aromatic heterocycles. The van der Waals surface area contributed by atoms with Crippen molar-refractivity contribution in [2.45, 2.75) is 51.0 Å². The number of pyridine rings is 1. The number of carbonyl (C=O) groups excluding carboxylic acids is 1.